The lowest BCUT2D eigenvalue weighted by atomic mass is 10.2. The molecule has 6 heteroatoms. The second-order valence-corrected chi connectivity index (χ2v) is 4.76. The fraction of sp³-hybridized carbons (Fsp3) is 0.625. The lowest BCUT2D eigenvalue weighted by Crippen LogP contribution is -2.43. The summed E-state index contributed by atoms with van der Waals surface area (Å²) in [5.41, 5.74) is 5.38. The molecular formula is C8H16N2O3S. The molecule has 5 nitrogen and oxygen atoms in total. The fourth-order valence-electron chi connectivity index (χ4n) is 0.835. The molecule has 0 saturated carbocycles. The van der Waals surface area contributed by atoms with Gasteiger partial charge in [0, 0.05) is 0 Å². The van der Waals surface area contributed by atoms with Crippen molar-refractivity contribution in [3.63, 3.8) is 0 Å². The van der Waals surface area contributed by atoms with E-state index in [-0.39, 0.29) is 12.2 Å². The largest absolute Gasteiger partial charge is 0.320 e. The number of nitrogens with two attached hydrogens (primary N) is 1. The van der Waals surface area contributed by atoms with Crippen LogP contribution in [0.2, 0.25) is 0 Å². The summed E-state index contributed by atoms with van der Waals surface area (Å²) in [4.78, 5) is 11.2. The van der Waals surface area contributed by atoms with Crippen LogP contribution in [0.5, 0.6) is 0 Å². The van der Waals surface area contributed by atoms with Crippen molar-refractivity contribution in [1.82, 2.24) is 4.72 Å². The summed E-state index contributed by atoms with van der Waals surface area (Å²) in [6, 6.07) is -0.848. The smallest absolute Gasteiger partial charge is 0.250 e. The first-order valence-electron chi connectivity index (χ1n) is 4.33. The molecule has 0 heterocycles. The first kappa shape index (κ1) is 13.1. The first-order valence-corrected chi connectivity index (χ1v) is 5.99. The molecule has 0 rings (SSSR count). The average Bonchev–Trinajstić information content (AvgIpc) is 2.03. The Hall–Kier alpha value is -0.880. The molecule has 0 aromatic carbocycles. The lowest BCUT2D eigenvalue weighted by Gasteiger charge is -2.09. The van der Waals surface area contributed by atoms with Crippen LogP contribution in [0.25, 0.3) is 0 Å². The molecule has 1 amide bonds. The first-order chi connectivity index (χ1) is 6.43. The van der Waals surface area contributed by atoms with Gasteiger partial charge in [-0.25, -0.2) is 8.42 Å². The summed E-state index contributed by atoms with van der Waals surface area (Å²) < 4.78 is 24.2. The van der Waals surface area contributed by atoms with Crippen molar-refractivity contribution in [3.8, 4) is 0 Å². The summed E-state index contributed by atoms with van der Waals surface area (Å²) in [7, 11) is -3.51. The maximum Gasteiger partial charge on any atom is 0.250 e. The molecule has 1 unspecified atom stereocenters. The molecule has 82 valence electrons. The number of hydrogen-bond acceptors (Lipinski definition) is 4. The highest BCUT2D eigenvalue weighted by Crippen LogP contribution is 1.93. The SMILES string of the molecule is C=CCC(N)C(=O)NS(=O)(=O)CCC. The number of carbonyl (C=O) groups is 1. The van der Waals surface area contributed by atoms with Gasteiger partial charge in [0.15, 0.2) is 0 Å². The van der Waals surface area contributed by atoms with Gasteiger partial charge in [-0.2, -0.15) is 0 Å². The average molecular weight is 220 g/mol. The molecule has 0 bridgehead atoms. The molecule has 0 aliphatic carbocycles. The van der Waals surface area contributed by atoms with E-state index in [0.29, 0.717) is 6.42 Å². The van der Waals surface area contributed by atoms with E-state index in [1.54, 1.807) is 6.92 Å². The Morgan fingerprint density at radius 3 is 2.64 bits per heavy atom. The van der Waals surface area contributed by atoms with Crippen LogP contribution in [0.1, 0.15) is 19.8 Å². The van der Waals surface area contributed by atoms with E-state index in [0.717, 1.165) is 0 Å². The van der Waals surface area contributed by atoms with E-state index < -0.39 is 22.0 Å². The molecule has 0 aliphatic rings. The second kappa shape index (κ2) is 5.77. The highest BCUT2D eigenvalue weighted by atomic mass is 32.2. The molecule has 0 aromatic heterocycles. The topological polar surface area (TPSA) is 89.3 Å². The molecular weight excluding hydrogens is 204 g/mol. The number of rotatable bonds is 6. The van der Waals surface area contributed by atoms with E-state index >= 15 is 0 Å². The molecule has 14 heavy (non-hydrogen) atoms. The minimum Gasteiger partial charge on any atom is -0.320 e. The minimum absolute atomic E-state index is 0.0699. The highest BCUT2D eigenvalue weighted by molar-refractivity contribution is 7.90. The van der Waals surface area contributed by atoms with Gasteiger partial charge < -0.3 is 5.73 Å². The Bertz CT molecular complexity index is 298. The van der Waals surface area contributed by atoms with Gasteiger partial charge in [0.2, 0.25) is 10.0 Å². The van der Waals surface area contributed by atoms with Gasteiger partial charge in [0.1, 0.15) is 0 Å². The van der Waals surface area contributed by atoms with Gasteiger partial charge in [-0.3, -0.25) is 9.52 Å². The van der Waals surface area contributed by atoms with Crippen molar-refractivity contribution >= 4 is 15.9 Å². The van der Waals surface area contributed by atoms with Crippen LogP contribution in [0, 0.1) is 0 Å². The van der Waals surface area contributed by atoms with Gasteiger partial charge in [-0.1, -0.05) is 13.0 Å². The number of carbonyl (C=O) groups excluding carboxylic acids is 1. The highest BCUT2D eigenvalue weighted by Gasteiger charge is 2.18. The Balaban J connectivity index is 4.24. The fourth-order valence-corrected chi connectivity index (χ4v) is 1.93. The third-order valence-corrected chi connectivity index (χ3v) is 2.94. The van der Waals surface area contributed by atoms with Crippen LogP contribution in [-0.4, -0.2) is 26.1 Å². The van der Waals surface area contributed by atoms with E-state index in [1.165, 1.54) is 6.08 Å². The predicted molar refractivity (Wildman–Crippen MR) is 55.0 cm³/mol. The zero-order valence-corrected chi connectivity index (χ0v) is 9.01. The van der Waals surface area contributed by atoms with E-state index in [4.69, 9.17) is 5.73 Å². The maximum absolute atomic E-state index is 11.2. The van der Waals surface area contributed by atoms with Crippen LogP contribution in [0.15, 0.2) is 12.7 Å². The molecule has 1 atom stereocenters. The van der Waals surface area contributed by atoms with Gasteiger partial charge >= 0.3 is 0 Å². The molecule has 0 aromatic rings. The summed E-state index contributed by atoms with van der Waals surface area (Å²) in [6.07, 6.45) is 2.18. The monoisotopic (exact) mass is 220 g/mol. The van der Waals surface area contributed by atoms with Gasteiger partial charge in [0.25, 0.3) is 5.91 Å². The third kappa shape index (κ3) is 4.98. The number of sulfonamides is 1. The summed E-state index contributed by atoms with van der Waals surface area (Å²) in [6.45, 7) is 5.12. The van der Waals surface area contributed by atoms with Crippen molar-refractivity contribution in [2.45, 2.75) is 25.8 Å². The number of nitrogens with one attached hydrogen (secondary N) is 1. The summed E-state index contributed by atoms with van der Waals surface area (Å²) >= 11 is 0. The third-order valence-electron chi connectivity index (χ3n) is 1.49. The number of amides is 1. The molecule has 0 saturated heterocycles. The Kier molecular flexibility index (Phi) is 5.40. The normalized spacial score (nSPS) is 13.3. The van der Waals surface area contributed by atoms with E-state index in [9.17, 15) is 13.2 Å². The Morgan fingerprint density at radius 2 is 2.21 bits per heavy atom. The molecule has 0 aliphatic heterocycles. The quantitative estimate of drug-likeness (QED) is 0.604. The minimum atomic E-state index is -3.51. The maximum atomic E-state index is 11.2. The zero-order chi connectivity index (χ0) is 11.2. The molecule has 0 radical (unpaired) electrons. The van der Waals surface area contributed by atoms with Crippen molar-refractivity contribution in [2.75, 3.05) is 5.75 Å². The Morgan fingerprint density at radius 1 is 1.64 bits per heavy atom. The Labute approximate surface area is 84.4 Å². The van der Waals surface area contributed by atoms with Crippen molar-refractivity contribution < 1.29 is 13.2 Å². The van der Waals surface area contributed by atoms with Gasteiger partial charge in [0.05, 0.1) is 11.8 Å². The standard InChI is InChI=1S/C8H16N2O3S/c1-3-5-7(9)8(11)10-14(12,13)6-4-2/h3,7H,1,4-6,9H2,2H3,(H,10,11). The summed E-state index contributed by atoms with van der Waals surface area (Å²) in [5, 5.41) is 0. The molecule has 0 fully saturated rings. The van der Waals surface area contributed by atoms with Gasteiger partial charge in [-0.05, 0) is 12.8 Å². The predicted octanol–water partition coefficient (Wildman–Crippen LogP) is -0.254. The molecule has 0 spiro atoms. The van der Waals surface area contributed by atoms with Crippen molar-refractivity contribution in [3.05, 3.63) is 12.7 Å². The van der Waals surface area contributed by atoms with Crippen LogP contribution in [0.3, 0.4) is 0 Å². The van der Waals surface area contributed by atoms with Crippen LogP contribution < -0.4 is 10.5 Å². The molecule has 3 N–H and O–H groups in total. The number of hydrogen-bond donors (Lipinski definition) is 2. The summed E-state index contributed by atoms with van der Waals surface area (Å²) in [5.74, 6) is -0.752. The van der Waals surface area contributed by atoms with Crippen LogP contribution in [0.4, 0.5) is 0 Å². The van der Waals surface area contributed by atoms with Crippen molar-refractivity contribution in [1.29, 1.82) is 0 Å². The van der Waals surface area contributed by atoms with E-state index in [2.05, 4.69) is 6.58 Å². The van der Waals surface area contributed by atoms with E-state index in [1.807, 2.05) is 4.72 Å². The second-order valence-electron chi connectivity index (χ2n) is 2.92. The van der Waals surface area contributed by atoms with Crippen LogP contribution >= 0.6 is 0 Å². The van der Waals surface area contributed by atoms with Gasteiger partial charge in [-0.15, -0.1) is 6.58 Å². The lowest BCUT2D eigenvalue weighted by molar-refractivity contribution is -0.120. The van der Waals surface area contributed by atoms with Crippen molar-refractivity contribution in [2.24, 2.45) is 5.73 Å². The zero-order valence-electron chi connectivity index (χ0n) is 8.19. The van der Waals surface area contributed by atoms with Crippen LogP contribution in [-0.2, 0) is 14.8 Å².